The number of hydrogen-bond donors (Lipinski definition) is 3. The number of hydrogen-bond acceptors (Lipinski definition) is 8. The molecule has 2 aliphatic rings. The van der Waals surface area contributed by atoms with Crippen LogP contribution in [-0.2, 0) is 16.0 Å². The molecule has 5 rings (SSSR count). The molecule has 2 aliphatic heterocycles. The number of carbonyl (C=O) groups excluding carboxylic acids is 2. The number of aromatic amines is 1. The van der Waals surface area contributed by atoms with Gasteiger partial charge in [0.2, 0.25) is 11.7 Å². The van der Waals surface area contributed by atoms with E-state index in [-0.39, 0.29) is 11.7 Å². The van der Waals surface area contributed by atoms with Crippen molar-refractivity contribution in [3.8, 4) is 0 Å². The topological polar surface area (TPSA) is 139 Å². The van der Waals surface area contributed by atoms with Crippen molar-refractivity contribution >= 4 is 35.1 Å². The Morgan fingerprint density at radius 2 is 2.18 bits per heavy atom. The third-order valence-electron chi connectivity index (χ3n) is 5.40. The number of H-pyrrole nitrogens is 1. The first-order chi connectivity index (χ1) is 16.5. The second kappa shape index (κ2) is 11.1. The zero-order valence-corrected chi connectivity index (χ0v) is 19.7. The van der Waals surface area contributed by atoms with E-state index in [0.29, 0.717) is 24.7 Å². The molecular formula is C23H27N7O3S. The van der Waals surface area contributed by atoms with Crippen LogP contribution in [0.1, 0.15) is 34.8 Å². The molecule has 1 saturated heterocycles. The standard InChI is InChI=1S/C13H17N3O2S.C10H10N4O/c1-16-10-6-12(15-9-2-4-18-8-9)14-7-11(10)19-5-3-13(16)17;11-9(15)10-12-8(13-14-10)6-7-4-2-1-3-5-7/h6-7,9H,2-5,8H2,1H3,(H,14,15);1-5H,6H2,(H2,11,15)(H,12,13,14). The molecule has 0 radical (unpaired) electrons. The Balaban J connectivity index is 0.000000166. The number of benzene rings is 1. The van der Waals surface area contributed by atoms with Crippen molar-refractivity contribution in [2.24, 2.45) is 5.73 Å². The Labute approximate surface area is 201 Å². The molecule has 0 spiro atoms. The molecule has 2 amide bonds. The van der Waals surface area contributed by atoms with Crippen molar-refractivity contribution in [3.63, 3.8) is 0 Å². The molecule has 178 valence electrons. The number of fused-ring (bicyclic) bond motifs is 1. The van der Waals surface area contributed by atoms with Crippen LogP contribution in [0.2, 0.25) is 0 Å². The van der Waals surface area contributed by atoms with E-state index in [9.17, 15) is 9.59 Å². The summed E-state index contributed by atoms with van der Waals surface area (Å²) in [7, 11) is 1.83. The van der Waals surface area contributed by atoms with Crippen LogP contribution in [0.3, 0.4) is 0 Å². The number of rotatable bonds is 5. The number of carbonyl (C=O) groups is 2. The van der Waals surface area contributed by atoms with Crippen LogP contribution in [0.5, 0.6) is 0 Å². The fraction of sp³-hybridized carbons (Fsp3) is 0.348. The van der Waals surface area contributed by atoms with Gasteiger partial charge in [0.05, 0.1) is 18.3 Å². The minimum absolute atomic E-state index is 0.0286. The summed E-state index contributed by atoms with van der Waals surface area (Å²) in [5.74, 6) is 1.84. The summed E-state index contributed by atoms with van der Waals surface area (Å²) in [4.78, 5) is 33.8. The molecule has 0 aliphatic carbocycles. The highest BCUT2D eigenvalue weighted by atomic mass is 32.2. The van der Waals surface area contributed by atoms with E-state index in [1.54, 1.807) is 16.7 Å². The van der Waals surface area contributed by atoms with Gasteiger partial charge in [0.1, 0.15) is 11.6 Å². The maximum Gasteiger partial charge on any atom is 0.288 e. The van der Waals surface area contributed by atoms with Crippen LogP contribution in [0.15, 0.2) is 47.5 Å². The number of pyridine rings is 1. The molecule has 11 heteroatoms. The summed E-state index contributed by atoms with van der Waals surface area (Å²) in [5.41, 5.74) is 7.09. The third-order valence-corrected chi connectivity index (χ3v) is 6.44. The van der Waals surface area contributed by atoms with E-state index in [1.165, 1.54) is 0 Å². The molecule has 0 bridgehead atoms. The summed E-state index contributed by atoms with van der Waals surface area (Å²) in [6.45, 7) is 1.53. The second-order valence-electron chi connectivity index (χ2n) is 7.93. The van der Waals surface area contributed by atoms with Gasteiger partial charge < -0.3 is 20.7 Å². The largest absolute Gasteiger partial charge is 0.379 e. The zero-order chi connectivity index (χ0) is 23.9. The van der Waals surface area contributed by atoms with E-state index < -0.39 is 5.91 Å². The Hall–Kier alpha value is -3.44. The lowest BCUT2D eigenvalue weighted by Gasteiger charge is -2.19. The highest BCUT2D eigenvalue weighted by Crippen LogP contribution is 2.34. The maximum atomic E-state index is 11.9. The lowest BCUT2D eigenvalue weighted by Crippen LogP contribution is -2.26. The molecular weight excluding hydrogens is 454 g/mol. The summed E-state index contributed by atoms with van der Waals surface area (Å²) < 4.78 is 5.34. The van der Waals surface area contributed by atoms with Crippen LogP contribution in [0.25, 0.3) is 0 Å². The normalized spacial score (nSPS) is 17.4. The van der Waals surface area contributed by atoms with Crippen molar-refractivity contribution < 1.29 is 14.3 Å². The number of nitrogens with one attached hydrogen (secondary N) is 2. The smallest absolute Gasteiger partial charge is 0.288 e. The lowest BCUT2D eigenvalue weighted by atomic mass is 10.1. The van der Waals surface area contributed by atoms with Crippen LogP contribution >= 0.6 is 11.8 Å². The molecule has 1 fully saturated rings. The molecule has 34 heavy (non-hydrogen) atoms. The van der Waals surface area contributed by atoms with Gasteiger partial charge in [0.25, 0.3) is 5.91 Å². The van der Waals surface area contributed by atoms with Gasteiger partial charge in [-0.15, -0.1) is 16.9 Å². The van der Waals surface area contributed by atoms with Gasteiger partial charge >= 0.3 is 0 Å². The van der Waals surface area contributed by atoms with Gasteiger partial charge in [-0.25, -0.2) is 9.97 Å². The van der Waals surface area contributed by atoms with Crippen LogP contribution < -0.4 is 16.0 Å². The van der Waals surface area contributed by atoms with Crippen molar-refractivity contribution in [3.05, 3.63) is 59.8 Å². The summed E-state index contributed by atoms with van der Waals surface area (Å²) >= 11 is 1.69. The molecule has 3 aromatic rings. The Morgan fingerprint density at radius 1 is 1.35 bits per heavy atom. The number of amides is 2. The van der Waals surface area contributed by atoms with E-state index in [0.717, 1.165) is 47.4 Å². The summed E-state index contributed by atoms with van der Waals surface area (Å²) in [5, 5.41) is 9.74. The number of anilines is 2. The molecule has 1 aromatic carbocycles. The highest BCUT2D eigenvalue weighted by molar-refractivity contribution is 7.99. The second-order valence-corrected chi connectivity index (χ2v) is 9.06. The SMILES string of the molecule is CN1C(=O)CCSc2cnc(NC3CCOC3)cc21.NC(=O)c1n[nH]c(Cc2ccccc2)n1. The molecule has 0 saturated carbocycles. The first-order valence-electron chi connectivity index (χ1n) is 11.0. The fourth-order valence-electron chi connectivity index (χ4n) is 3.57. The number of ether oxygens (including phenoxy) is 1. The van der Waals surface area contributed by atoms with Gasteiger partial charge in [0.15, 0.2) is 0 Å². The monoisotopic (exact) mass is 481 g/mol. The maximum absolute atomic E-state index is 11.9. The van der Waals surface area contributed by atoms with Gasteiger partial charge in [0, 0.05) is 49.4 Å². The molecule has 1 unspecified atom stereocenters. The molecule has 2 aromatic heterocycles. The van der Waals surface area contributed by atoms with Gasteiger partial charge in [-0.3, -0.25) is 14.7 Å². The number of thioether (sulfide) groups is 1. The quantitative estimate of drug-likeness (QED) is 0.504. The molecule has 10 nitrogen and oxygen atoms in total. The lowest BCUT2D eigenvalue weighted by molar-refractivity contribution is -0.117. The molecule has 4 heterocycles. The first kappa shape index (κ1) is 23.7. The van der Waals surface area contributed by atoms with Crippen molar-refractivity contribution in [2.45, 2.75) is 30.2 Å². The average Bonchev–Trinajstić information content (AvgIpc) is 3.50. The van der Waals surface area contributed by atoms with E-state index >= 15 is 0 Å². The minimum atomic E-state index is -0.620. The van der Waals surface area contributed by atoms with E-state index in [2.05, 4.69) is 25.5 Å². The van der Waals surface area contributed by atoms with Crippen LogP contribution in [0, 0.1) is 0 Å². The molecule has 4 N–H and O–H groups in total. The number of nitrogens with zero attached hydrogens (tertiary/aromatic N) is 4. The Bertz CT molecular complexity index is 1130. The summed E-state index contributed by atoms with van der Waals surface area (Å²) in [6, 6.07) is 12.1. The van der Waals surface area contributed by atoms with Crippen molar-refractivity contribution in [2.75, 3.05) is 36.2 Å². The van der Waals surface area contributed by atoms with Gasteiger partial charge in [-0.2, -0.15) is 0 Å². The molecule has 1 atom stereocenters. The first-order valence-corrected chi connectivity index (χ1v) is 12.0. The van der Waals surface area contributed by atoms with Crippen LogP contribution in [0.4, 0.5) is 11.5 Å². The van der Waals surface area contributed by atoms with Crippen molar-refractivity contribution in [1.82, 2.24) is 20.2 Å². The van der Waals surface area contributed by atoms with Crippen molar-refractivity contribution in [1.29, 1.82) is 0 Å². The predicted molar refractivity (Wildman–Crippen MR) is 130 cm³/mol. The van der Waals surface area contributed by atoms with Gasteiger partial charge in [-0.05, 0) is 12.0 Å². The third kappa shape index (κ3) is 6.12. The Kier molecular flexibility index (Phi) is 7.76. The summed E-state index contributed by atoms with van der Waals surface area (Å²) in [6.07, 6.45) is 4.05. The Morgan fingerprint density at radius 3 is 2.88 bits per heavy atom. The number of nitrogens with two attached hydrogens (primary N) is 1. The predicted octanol–water partition coefficient (Wildman–Crippen LogP) is 2.24. The van der Waals surface area contributed by atoms with E-state index in [1.807, 2.05) is 49.6 Å². The van der Waals surface area contributed by atoms with Crippen LogP contribution in [-0.4, -0.2) is 64.0 Å². The number of aromatic nitrogens is 4. The zero-order valence-electron chi connectivity index (χ0n) is 18.9. The van der Waals surface area contributed by atoms with Gasteiger partial charge in [-0.1, -0.05) is 30.3 Å². The number of primary amides is 1. The highest BCUT2D eigenvalue weighted by Gasteiger charge is 2.21. The fourth-order valence-corrected chi connectivity index (χ4v) is 4.53. The minimum Gasteiger partial charge on any atom is -0.379 e. The average molecular weight is 482 g/mol. The van der Waals surface area contributed by atoms with E-state index in [4.69, 9.17) is 10.5 Å².